The van der Waals surface area contributed by atoms with E-state index in [9.17, 15) is 0 Å². The number of methoxy groups -OCH3 is 1. The lowest BCUT2D eigenvalue weighted by Gasteiger charge is -2.00. The number of aromatic amines is 1. The average Bonchev–Trinajstić information content (AvgIpc) is 2.97. The normalized spacial score (nSPS) is 10.4. The topological polar surface area (TPSA) is 76.8 Å². The molecular weight excluding hydrogens is 252 g/mol. The van der Waals surface area contributed by atoms with Gasteiger partial charge in [0.25, 0.3) is 0 Å². The Kier molecular flexibility index (Phi) is 3.09. The molecular formula is C15H14N4O. The van der Waals surface area contributed by atoms with Crippen molar-refractivity contribution in [2.24, 2.45) is 0 Å². The highest BCUT2D eigenvalue weighted by Crippen LogP contribution is 2.25. The molecule has 3 rings (SSSR count). The summed E-state index contributed by atoms with van der Waals surface area (Å²) < 4.78 is 5.13. The molecule has 3 N–H and O–H groups in total. The average molecular weight is 266 g/mol. The second-order valence-electron chi connectivity index (χ2n) is 4.32. The fourth-order valence-electron chi connectivity index (χ4n) is 1.96. The Morgan fingerprint density at radius 1 is 1.05 bits per heavy atom. The van der Waals surface area contributed by atoms with E-state index in [4.69, 9.17) is 10.5 Å². The number of aromatic nitrogens is 3. The Labute approximate surface area is 116 Å². The van der Waals surface area contributed by atoms with Crippen LogP contribution in [0.2, 0.25) is 0 Å². The first kappa shape index (κ1) is 12.2. The van der Waals surface area contributed by atoms with Crippen molar-refractivity contribution in [1.82, 2.24) is 15.2 Å². The predicted molar refractivity (Wildman–Crippen MR) is 78.2 cm³/mol. The molecule has 0 aliphatic heterocycles. The van der Waals surface area contributed by atoms with Crippen LogP contribution in [0.1, 0.15) is 0 Å². The van der Waals surface area contributed by atoms with Gasteiger partial charge in [-0.1, -0.05) is 12.1 Å². The van der Waals surface area contributed by atoms with E-state index in [1.807, 2.05) is 48.5 Å². The minimum absolute atomic E-state index is 0.630. The van der Waals surface area contributed by atoms with E-state index in [-0.39, 0.29) is 0 Å². The molecule has 1 aromatic heterocycles. The molecule has 0 aliphatic carbocycles. The maximum Gasteiger partial charge on any atom is 0.181 e. The van der Waals surface area contributed by atoms with Gasteiger partial charge >= 0.3 is 0 Å². The van der Waals surface area contributed by atoms with Gasteiger partial charge in [0.2, 0.25) is 0 Å². The summed E-state index contributed by atoms with van der Waals surface area (Å²) in [5.41, 5.74) is 8.37. The molecule has 2 aromatic carbocycles. The van der Waals surface area contributed by atoms with Crippen molar-refractivity contribution in [2.45, 2.75) is 0 Å². The van der Waals surface area contributed by atoms with Gasteiger partial charge in [0.05, 0.1) is 7.11 Å². The number of para-hydroxylation sites is 1. The summed E-state index contributed by atoms with van der Waals surface area (Å²) in [6.07, 6.45) is 0. The predicted octanol–water partition coefficient (Wildman–Crippen LogP) is 2.73. The first-order chi connectivity index (χ1) is 9.78. The lowest BCUT2D eigenvalue weighted by molar-refractivity contribution is 0.415. The zero-order valence-electron chi connectivity index (χ0n) is 11.0. The van der Waals surface area contributed by atoms with Crippen LogP contribution in [-0.4, -0.2) is 22.3 Å². The van der Waals surface area contributed by atoms with Crippen LogP contribution in [0.15, 0.2) is 48.5 Å². The van der Waals surface area contributed by atoms with Crippen molar-refractivity contribution >= 4 is 5.69 Å². The van der Waals surface area contributed by atoms with Crippen molar-refractivity contribution in [3.8, 4) is 28.5 Å². The molecule has 3 aromatic rings. The second-order valence-corrected chi connectivity index (χ2v) is 4.32. The van der Waals surface area contributed by atoms with Gasteiger partial charge in [-0.05, 0) is 36.4 Å². The van der Waals surface area contributed by atoms with Gasteiger partial charge < -0.3 is 10.5 Å². The number of anilines is 1. The Bertz CT molecular complexity index is 719. The minimum Gasteiger partial charge on any atom is -0.497 e. The number of ether oxygens (including phenoxy) is 1. The van der Waals surface area contributed by atoms with Gasteiger partial charge in [-0.2, -0.15) is 5.10 Å². The summed E-state index contributed by atoms with van der Waals surface area (Å²) in [4.78, 5) is 4.48. The van der Waals surface area contributed by atoms with Crippen LogP contribution in [0.4, 0.5) is 5.69 Å². The summed E-state index contributed by atoms with van der Waals surface area (Å²) in [6.45, 7) is 0. The van der Waals surface area contributed by atoms with E-state index < -0.39 is 0 Å². The van der Waals surface area contributed by atoms with E-state index in [2.05, 4.69) is 15.2 Å². The summed E-state index contributed by atoms with van der Waals surface area (Å²) in [5.74, 6) is 2.09. The molecule has 5 nitrogen and oxygen atoms in total. The van der Waals surface area contributed by atoms with Gasteiger partial charge in [-0.25, -0.2) is 4.98 Å². The zero-order valence-corrected chi connectivity index (χ0v) is 11.0. The largest absolute Gasteiger partial charge is 0.497 e. The molecule has 20 heavy (non-hydrogen) atoms. The van der Waals surface area contributed by atoms with E-state index in [1.165, 1.54) is 0 Å². The van der Waals surface area contributed by atoms with Gasteiger partial charge in [0.15, 0.2) is 11.6 Å². The Balaban J connectivity index is 1.95. The molecule has 100 valence electrons. The summed E-state index contributed by atoms with van der Waals surface area (Å²) >= 11 is 0. The molecule has 1 heterocycles. The SMILES string of the molecule is COc1ccc(-c2n[nH]c(-c3ccccc3N)n2)cc1. The third-order valence-corrected chi connectivity index (χ3v) is 3.05. The fourth-order valence-corrected chi connectivity index (χ4v) is 1.96. The number of nitrogens with zero attached hydrogens (tertiary/aromatic N) is 2. The van der Waals surface area contributed by atoms with Gasteiger partial charge in [0, 0.05) is 16.8 Å². The van der Waals surface area contributed by atoms with Gasteiger partial charge in [-0.15, -0.1) is 0 Å². The third-order valence-electron chi connectivity index (χ3n) is 3.05. The molecule has 0 atom stereocenters. The maximum atomic E-state index is 5.93. The summed E-state index contributed by atoms with van der Waals surface area (Å²) in [6, 6.07) is 15.1. The minimum atomic E-state index is 0.630. The van der Waals surface area contributed by atoms with Crippen molar-refractivity contribution in [3.05, 3.63) is 48.5 Å². The molecule has 0 saturated carbocycles. The molecule has 0 aliphatic rings. The van der Waals surface area contributed by atoms with Crippen LogP contribution < -0.4 is 10.5 Å². The van der Waals surface area contributed by atoms with Crippen LogP contribution in [0.5, 0.6) is 5.75 Å². The van der Waals surface area contributed by atoms with Crippen LogP contribution in [0.3, 0.4) is 0 Å². The number of benzene rings is 2. The number of hydrogen-bond acceptors (Lipinski definition) is 4. The Hall–Kier alpha value is -2.82. The lowest BCUT2D eigenvalue weighted by Crippen LogP contribution is -1.90. The van der Waals surface area contributed by atoms with E-state index in [0.29, 0.717) is 17.3 Å². The standard InChI is InChI=1S/C15H14N4O/c1-20-11-8-6-10(7-9-11)14-17-15(19-18-14)12-4-2-3-5-13(12)16/h2-9H,16H2,1H3,(H,17,18,19). The number of nitrogens with one attached hydrogen (secondary N) is 1. The Morgan fingerprint density at radius 3 is 2.50 bits per heavy atom. The first-order valence-corrected chi connectivity index (χ1v) is 6.19. The Morgan fingerprint density at radius 2 is 1.80 bits per heavy atom. The fraction of sp³-hybridized carbons (Fsp3) is 0.0667. The maximum absolute atomic E-state index is 5.93. The number of nitrogen functional groups attached to an aromatic ring is 1. The number of hydrogen-bond donors (Lipinski definition) is 2. The zero-order chi connectivity index (χ0) is 13.9. The van der Waals surface area contributed by atoms with Crippen molar-refractivity contribution in [2.75, 3.05) is 12.8 Å². The molecule has 0 fully saturated rings. The van der Waals surface area contributed by atoms with E-state index in [0.717, 1.165) is 16.9 Å². The smallest absolute Gasteiger partial charge is 0.181 e. The lowest BCUT2D eigenvalue weighted by atomic mass is 10.1. The molecule has 0 saturated heterocycles. The molecule has 0 amide bonds. The number of nitrogens with two attached hydrogens (primary N) is 1. The molecule has 5 heteroatoms. The van der Waals surface area contributed by atoms with E-state index in [1.54, 1.807) is 7.11 Å². The molecule has 0 spiro atoms. The monoisotopic (exact) mass is 266 g/mol. The number of H-pyrrole nitrogens is 1. The van der Waals surface area contributed by atoms with E-state index >= 15 is 0 Å². The van der Waals surface area contributed by atoms with Crippen molar-refractivity contribution in [3.63, 3.8) is 0 Å². The molecule has 0 unspecified atom stereocenters. The highest BCUT2D eigenvalue weighted by atomic mass is 16.5. The second kappa shape index (κ2) is 5.05. The third kappa shape index (κ3) is 2.21. The van der Waals surface area contributed by atoms with Gasteiger partial charge in [-0.3, -0.25) is 5.10 Å². The number of rotatable bonds is 3. The summed E-state index contributed by atoms with van der Waals surface area (Å²) in [7, 11) is 1.64. The highest BCUT2D eigenvalue weighted by molar-refractivity contribution is 5.72. The van der Waals surface area contributed by atoms with Crippen LogP contribution in [0, 0.1) is 0 Å². The molecule has 0 radical (unpaired) electrons. The van der Waals surface area contributed by atoms with Crippen molar-refractivity contribution in [1.29, 1.82) is 0 Å². The van der Waals surface area contributed by atoms with Crippen molar-refractivity contribution < 1.29 is 4.74 Å². The quantitative estimate of drug-likeness (QED) is 0.715. The molecule has 0 bridgehead atoms. The van der Waals surface area contributed by atoms with Crippen LogP contribution in [0.25, 0.3) is 22.8 Å². The first-order valence-electron chi connectivity index (χ1n) is 6.19. The summed E-state index contributed by atoms with van der Waals surface area (Å²) in [5, 5.41) is 7.14. The van der Waals surface area contributed by atoms with Crippen LogP contribution in [-0.2, 0) is 0 Å². The van der Waals surface area contributed by atoms with Crippen LogP contribution >= 0.6 is 0 Å². The van der Waals surface area contributed by atoms with Gasteiger partial charge in [0.1, 0.15) is 5.75 Å². The highest BCUT2D eigenvalue weighted by Gasteiger charge is 2.09.